The Balaban J connectivity index is 2.43. The van der Waals surface area contributed by atoms with Crippen molar-refractivity contribution in [2.75, 3.05) is 7.05 Å². The molecule has 1 aliphatic heterocycles. The molecule has 1 unspecified atom stereocenters. The first-order valence-electron chi connectivity index (χ1n) is 7.27. The predicted molar refractivity (Wildman–Crippen MR) is 80.9 cm³/mol. The summed E-state index contributed by atoms with van der Waals surface area (Å²) >= 11 is 0. The molecule has 1 aliphatic rings. The number of ether oxygens (including phenoxy) is 1. The van der Waals surface area contributed by atoms with Gasteiger partial charge in [-0.1, -0.05) is 31.5 Å². The van der Waals surface area contributed by atoms with Crippen LogP contribution in [0.3, 0.4) is 0 Å². The van der Waals surface area contributed by atoms with Crippen molar-refractivity contribution in [2.24, 2.45) is 5.92 Å². The topological polar surface area (TPSA) is 29.5 Å². The average molecular weight is 275 g/mol. The molecule has 0 bridgehead atoms. The standard InChI is InChI=1S/C17H25NO2/c1-11(2)16(19)18(6)14-10-17(4,5)20-15-8-7-12(3)9-13(14)15/h7-9,11,14H,10H2,1-6H3. The highest BCUT2D eigenvalue weighted by Crippen LogP contribution is 2.42. The summed E-state index contributed by atoms with van der Waals surface area (Å²) in [6.45, 7) is 10.1. The van der Waals surface area contributed by atoms with Crippen molar-refractivity contribution in [2.45, 2.75) is 52.7 Å². The van der Waals surface area contributed by atoms with Gasteiger partial charge in [0.25, 0.3) is 0 Å². The van der Waals surface area contributed by atoms with Gasteiger partial charge in [0.05, 0.1) is 6.04 Å². The van der Waals surface area contributed by atoms with Crippen molar-refractivity contribution in [1.29, 1.82) is 0 Å². The Morgan fingerprint density at radius 2 is 2.05 bits per heavy atom. The van der Waals surface area contributed by atoms with Crippen LogP contribution in [0.2, 0.25) is 0 Å². The van der Waals surface area contributed by atoms with Crippen LogP contribution in [-0.4, -0.2) is 23.5 Å². The van der Waals surface area contributed by atoms with Crippen LogP contribution in [0.25, 0.3) is 0 Å². The first-order chi connectivity index (χ1) is 9.21. The average Bonchev–Trinajstić information content (AvgIpc) is 2.36. The van der Waals surface area contributed by atoms with E-state index in [1.54, 1.807) is 0 Å². The second kappa shape index (κ2) is 5.12. The molecule has 20 heavy (non-hydrogen) atoms. The fourth-order valence-corrected chi connectivity index (χ4v) is 2.84. The number of nitrogens with zero attached hydrogens (tertiary/aromatic N) is 1. The van der Waals surface area contributed by atoms with Crippen LogP contribution >= 0.6 is 0 Å². The minimum Gasteiger partial charge on any atom is -0.487 e. The first-order valence-corrected chi connectivity index (χ1v) is 7.27. The van der Waals surface area contributed by atoms with E-state index in [9.17, 15) is 4.79 Å². The first kappa shape index (κ1) is 14.9. The van der Waals surface area contributed by atoms with Crippen LogP contribution in [0.1, 0.15) is 51.3 Å². The van der Waals surface area contributed by atoms with Gasteiger partial charge >= 0.3 is 0 Å². The van der Waals surface area contributed by atoms with E-state index in [2.05, 4.69) is 32.9 Å². The van der Waals surface area contributed by atoms with Gasteiger partial charge in [-0.05, 0) is 26.8 Å². The van der Waals surface area contributed by atoms with E-state index >= 15 is 0 Å². The van der Waals surface area contributed by atoms with Gasteiger partial charge in [-0.3, -0.25) is 4.79 Å². The van der Waals surface area contributed by atoms with Crippen molar-refractivity contribution in [3.63, 3.8) is 0 Å². The van der Waals surface area contributed by atoms with E-state index in [1.165, 1.54) is 5.56 Å². The number of hydrogen-bond donors (Lipinski definition) is 0. The Hall–Kier alpha value is -1.51. The van der Waals surface area contributed by atoms with Crippen LogP contribution in [-0.2, 0) is 4.79 Å². The molecule has 0 spiro atoms. The van der Waals surface area contributed by atoms with Gasteiger partial charge in [-0.25, -0.2) is 0 Å². The second-order valence-corrected chi connectivity index (χ2v) is 6.73. The summed E-state index contributed by atoms with van der Waals surface area (Å²) in [6.07, 6.45) is 0.818. The third-order valence-corrected chi connectivity index (χ3v) is 3.90. The molecule has 3 heteroatoms. The number of carbonyl (C=O) groups excluding carboxylic acids is 1. The van der Waals surface area contributed by atoms with Crippen LogP contribution in [0.5, 0.6) is 5.75 Å². The lowest BCUT2D eigenvalue weighted by Crippen LogP contribution is -2.43. The van der Waals surface area contributed by atoms with Gasteiger partial charge in [0.15, 0.2) is 0 Å². The van der Waals surface area contributed by atoms with Crippen LogP contribution in [0.15, 0.2) is 18.2 Å². The molecule has 0 fully saturated rings. The summed E-state index contributed by atoms with van der Waals surface area (Å²) in [5.74, 6) is 1.10. The van der Waals surface area contributed by atoms with E-state index in [4.69, 9.17) is 4.74 Å². The molecule has 1 aromatic rings. The summed E-state index contributed by atoms with van der Waals surface area (Å²) in [6, 6.07) is 6.30. The van der Waals surface area contributed by atoms with Gasteiger partial charge < -0.3 is 9.64 Å². The molecule has 3 nitrogen and oxygen atoms in total. The largest absolute Gasteiger partial charge is 0.487 e. The number of hydrogen-bond acceptors (Lipinski definition) is 2. The molecular formula is C17H25NO2. The van der Waals surface area contributed by atoms with Gasteiger partial charge in [-0.15, -0.1) is 0 Å². The molecule has 0 saturated heterocycles. The summed E-state index contributed by atoms with van der Waals surface area (Å²) in [5, 5.41) is 0. The lowest BCUT2D eigenvalue weighted by Gasteiger charge is -2.42. The Bertz CT molecular complexity index is 520. The van der Waals surface area contributed by atoms with E-state index in [0.29, 0.717) is 0 Å². The highest BCUT2D eigenvalue weighted by Gasteiger charge is 2.37. The summed E-state index contributed by atoms with van der Waals surface area (Å²) in [7, 11) is 1.90. The monoisotopic (exact) mass is 275 g/mol. The maximum Gasteiger partial charge on any atom is 0.225 e. The van der Waals surface area contributed by atoms with Crippen LogP contribution in [0, 0.1) is 12.8 Å². The maximum atomic E-state index is 12.3. The van der Waals surface area contributed by atoms with Crippen molar-refractivity contribution < 1.29 is 9.53 Å². The predicted octanol–water partition coefficient (Wildman–Crippen LogP) is 3.71. The van der Waals surface area contributed by atoms with E-state index in [-0.39, 0.29) is 23.5 Å². The number of rotatable bonds is 2. The summed E-state index contributed by atoms with van der Waals surface area (Å²) in [4.78, 5) is 14.2. The highest BCUT2D eigenvalue weighted by molar-refractivity contribution is 5.78. The zero-order chi connectivity index (χ0) is 15.1. The molecule has 110 valence electrons. The summed E-state index contributed by atoms with van der Waals surface area (Å²) in [5.41, 5.74) is 2.07. The molecule has 0 radical (unpaired) electrons. The molecule has 1 heterocycles. The zero-order valence-corrected chi connectivity index (χ0v) is 13.4. The summed E-state index contributed by atoms with van der Waals surface area (Å²) < 4.78 is 6.06. The van der Waals surface area contributed by atoms with Gasteiger partial charge in [0.1, 0.15) is 11.4 Å². The Labute approximate surface area is 121 Å². The molecule has 0 aromatic heterocycles. The number of fused-ring (bicyclic) bond motifs is 1. The van der Waals surface area contributed by atoms with E-state index in [0.717, 1.165) is 17.7 Å². The number of benzene rings is 1. The van der Waals surface area contributed by atoms with Gasteiger partial charge in [0, 0.05) is 24.9 Å². The van der Waals surface area contributed by atoms with Crippen LogP contribution in [0.4, 0.5) is 0 Å². The molecule has 0 aliphatic carbocycles. The minimum atomic E-state index is -0.252. The van der Waals surface area contributed by atoms with Gasteiger partial charge in [0.2, 0.25) is 5.91 Å². The molecule has 1 amide bonds. The second-order valence-electron chi connectivity index (χ2n) is 6.73. The van der Waals surface area contributed by atoms with E-state index < -0.39 is 0 Å². The fourth-order valence-electron chi connectivity index (χ4n) is 2.84. The fraction of sp³-hybridized carbons (Fsp3) is 0.588. The molecular weight excluding hydrogens is 250 g/mol. The smallest absolute Gasteiger partial charge is 0.225 e. The van der Waals surface area contributed by atoms with Crippen molar-refractivity contribution in [3.8, 4) is 5.75 Å². The number of carbonyl (C=O) groups is 1. The molecule has 0 saturated carbocycles. The molecule has 1 aromatic carbocycles. The number of amides is 1. The SMILES string of the molecule is Cc1ccc2c(c1)C(N(C)C(=O)C(C)C)CC(C)(C)O2. The molecule has 2 rings (SSSR count). The van der Waals surface area contributed by atoms with Crippen molar-refractivity contribution in [3.05, 3.63) is 29.3 Å². The lowest BCUT2D eigenvalue weighted by atomic mass is 9.87. The molecule has 0 N–H and O–H groups in total. The minimum absolute atomic E-state index is 0.0132. The van der Waals surface area contributed by atoms with Crippen molar-refractivity contribution in [1.82, 2.24) is 4.90 Å². The Morgan fingerprint density at radius 1 is 1.40 bits per heavy atom. The highest BCUT2D eigenvalue weighted by atomic mass is 16.5. The third kappa shape index (κ3) is 2.82. The Kier molecular flexibility index (Phi) is 3.81. The van der Waals surface area contributed by atoms with Crippen molar-refractivity contribution >= 4 is 5.91 Å². The van der Waals surface area contributed by atoms with E-state index in [1.807, 2.05) is 31.9 Å². The zero-order valence-electron chi connectivity index (χ0n) is 13.4. The third-order valence-electron chi connectivity index (χ3n) is 3.90. The normalized spacial score (nSPS) is 20.2. The number of aryl methyl sites for hydroxylation is 1. The Morgan fingerprint density at radius 3 is 2.65 bits per heavy atom. The van der Waals surface area contributed by atoms with Crippen LogP contribution < -0.4 is 4.74 Å². The lowest BCUT2D eigenvalue weighted by molar-refractivity contribution is -0.136. The quantitative estimate of drug-likeness (QED) is 0.823. The van der Waals surface area contributed by atoms with Gasteiger partial charge in [-0.2, -0.15) is 0 Å². The maximum absolute atomic E-state index is 12.3. The molecule has 1 atom stereocenters.